The quantitative estimate of drug-likeness (QED) is 0.898. The normalized spacial score (nSPS) is 18.1. The van der Waals surface area contributed by atoms with Crippen molar-refractivity contribution < 1.29 is 4.74 Å². The van der Waals surface area contributed by atoms with Crippen LogP contribution in [0.2, 0.25) is 0 Å². The molecule has 3 rings (SSSR count). The maximum atomic E-state index is 6.29. The van der Waals surface area contributed by atoms with Crippen LogP contribution in [0.4, 0.5) is 0 Å². The number of aromatic nitrogens is 2. The van der Waals surface area contributed by atoms with Crippen molar-refractivity contribution in [1.82, 2.24) is 10.2 Å². The molecule has 0 saturated heterocycles. The first-order valence-corrected chi connectivity index (χ1v) is 6.39. The highest BCUT2D eigenvalue weighted by molar-refractivity contribution is 5.83. The predicted octanol–water partition coefficient (Wildman–Crippen LogP) is 2.28. The van der Waals surface area contributed by atoms with Gasteiger partial charge in [0, 0.05) is 5.39 Å². The third kappa shape index (κ3) is 2.16. The summed E-state index contributed by atoms with van der Waals surface area (Å²) in [4.78, 5) is 0. The van der Waals surface area contributed by atoms with E-state index in [2.05, 4.69) is 10.2 Å². The fourth-order valence-electron chi connectivity index (χ4n) is 2.54. The molecule has 1 aromatic heterocycles. The van der Waals surface area contributed by atoms with Gasteiger partial charge in [-0.05, 0) is 25.0 Å². The summed E-state index contributed by atoms with van der Waals surface area (Å²) in [5.41, 5.74) is 6.98. The largest absolute Gasteiger partial charge is 0.489 e. The van der Waals surface area contributed by atoms with Crippen molar-refractivity contribution in [3.63, 3.8) is 0 Å². The first-order chi connectivity index (χ1) is 8.77. The lowest BCUT2D eigenvalue weighted by Crippen LogP contribution is -2.42. The van der Waals surface area contributed by atoms with Gasteiger partial charge in [0.1, 0.15) is 12.4 Å². The Hall–Kier alpha value is -1.68. The Labute approximate surface area is 106 Å². The van der Waals surface area contributed by atoms with Gasteiger partial charge >= 0.3 is 0 Å². The van der Waals surface area contributed by atoms with Crippen molar-refractivity contribution in [1.29, 1.82) is 0 Å². The van der Waals surface area contributed by atoms with Gasteiger partial charge in [0.15, 0.2) is 0 Å². The molecule has 1 saturated carbocycles. The van der Waals surface area contributed by atoms with E-state index in [-0.39, 0.29) is 5.54 Å². The molecule has 1 aromatic carbocycles. The third-order valence-corrected chi connectivity index (χ3v) is 3.62. The highest BCUT2D eigenvalue weighted by atomic mass is 16.5. The lowest BCUT2D eigenvalue weighted by molar-refractivity contribution is 0.222. The van der Waals surface area contributed by atoms with E-state index in [9.17, 15) is 0 Å². The summed E-state index contributed by atoms with van der Waals surface area (Å²) in [5.74, 6) is 0.775. The maximum Gasteiger partial charge on any atom is 0.148 e. The Bertz CT molecular complexity index is 544. The fourth-order valence-corrected chi connectivity index (χ4v) is 2.54. The molecule has 4 heteroatoms. The van der Waals surface area contributed by atoms with Crippen molar-refractivity contribution in [3.05, 3.63) is 30.5 Å². The van der Waals surface area contributed by atoms with E-state index in [4.69, 9.17) is 10.5 Å². The number of ether oxygens (including phenoxy) is 1. The molecule has 0 radical (unpaired) electrons. The van der Waals surface area contributed by atoms with Gasteiger partial charge in [-0.25, -0.2) is 0 Å². The zero-order valence-electron chi connectivity index (χ0n) is 10.3. The van der Waals surface area contributed by atoms with Gasteiger partial charge in [0.05, 0.1) is 17.3 Å². The van der Waals surface area contributed by atoms with Crippen LogP contribution in [0.1, 0.15) is 25.7 Å². The van der Waals surface area contributed by atoms with Crippen molar-refractivity contribution in [2.75, 3.05) is 6.61 Å². The van der Waals surface area contributed by atoms with Crippen LogP contribution in [0, 0.1) is 0 Å². The molecule has 1 fully saturated rings. The smallest absolute Gasteiger partial charge is 0.148 e. The topological polar surface area (TPSA) is 61.0 Å². The molecular formula is C14H17N3O. The van der Waals surface area contributed by atoms with Crippen LogP contribution in [0.25, 0.3) is 10.9 Å². The summed E-state index contributed by atoms with van der Waals surface area (Å²) in [6.45, 7) is 0.558. The second-order valence-corrected chi connectivity index (χ2v) is 5.08. The van der Waals surface area contributed by atoms with E-state index in [1.165, 1.54) is 12.8 Å². The molecule has 2 N–H and O–H groups in total. The fraction of sp³-hybridized carbons (Fsp3) is 0.429. The van der Waals surface area contributed by atoms with Crippen LogP contribution in [-0.4, -0.2) is 22.3 Å². The molecular weight excluding hydrogens is 226 g/mol. The molecule has 0 bridgehead atoms. The van der Waals surface area contributed by atoms with Gasteiger partial charge in [0.25, 0.3) is 0 Å². The minimum Gasteiger partial charge on any atom is -0.489 e. The number of nitrogens with two attached hydrogens (primary N) is 1. The number of hydrogen-bond donors (Lipinski definition) is 1. The molecule has 4 nitrogen and oxygen atoms in total. The molecule has 1 heterocycles. The monoisotopic (exact) mass is 243 g/mol. The van der Waals surface area contributed by atoms with Crippen LogP contribution in [0.3, 0.4) is 0 Å². The molecule has 0 amide bonds. The van der Waals surface area contributed by atoms with Gasteiger partial charge in [-0.2, -0.15) is 10.2 Å². The molecule has 1 aliphatic rings. The van der Waals surface area contributed by atoms with E-state index in [0.29, 0.717) is 6.61 Å². The van der Waals surface area contributed by atoms with E-state index >= 15 is 0 Å². The van der Waals surface area contributed by atoms with Gasteiger partial charge in [0.2, 0.25) is 0 Å². The van der Waals surface area contributed by atoms with Crippen LogP contribution >= 0.6 is 0 Å². The summed E-state index contributed by atoms with van der Waals surface area (Å²) >= 11 is 0. The highest BCUT2D eigenvalue weighted by Gasteiger charge is 2.30. The Morgan fingerprint density at radius 2 is 2.00 bits per heavy atom. The second-order valence-electron chi connectivity index (χ2n) is 5.08. The van der Waals surface area contributed by atoms with E-state index in [0.717, 1.165) is 29.5 Å². The Balaban J connectivity index is 1.82. The molecule has 94 valence electrons. The average molecular weight is 243 g/mol. The van der Waals surface area contributed by atoms with Crippen molar-refractivity contribution in [3.8, 4) is 5.75 Å². The first-order valence-electron chi connectivity index (χ1n) is 6.39. The minimum absolute atomic E-state index is 0.162. The zero-order valence-corrected chi connectivity index (χ0v) is 10.3. The van der Waals surface area contributed by atoms with Crippen molar-refractivity contribution in [2.45, 2.75) is 31.2 Å². The third-order valence-electron chi connectivity index (χ3n) is 3.62. The Morgan fingerprint density at radius 1 is 1.22 bits per heavy atom. The summed E-state index contributed by atoms with van der Waals surface area (Å²) in [5, 5.41) is 9.04. The SMILES string of the molecule is NC1(COc2cnnc3ccccc23)CCCC1. The van der Waals surface area contributed by atoms with Crippen LogP contribution in [0.15, 0.2) is 30.5 Å². The van der Waals surface area contributed by atoms with Crippen LogP contribution in [0.5, 0.6) is 5.75 Å². The number of nitrogens with zero attached hydrogens (tertiary/aromatic N) is 2. The van der Waals surface area contributed by atoms with Crippen LogP contribution in [-0.2, 0) is 0 Å². The lowest BCUT2D eigenvalue weighted by Gasteiger charge is -2.23. The van der Waals surface area contributed by atoms with E-state index < -0.39 is 0 Å². The van der Waals surface area contributed by atoms with Gasteiger partial charge < -0.3 is 10.5 Å². The molecule has 0 atom stereocenters. The molecule has 1 aliphatic carbocycles. The Kier molecular flexibility index (Phi) is 2.88. The van der Waals surface area contributed by atoms with Gasteiger partial charge in [-0.3, -0.25) is 0 Å². The summed E-state index contributed by atoms with van der Waals surface area (Å²) < 4.78 is 5.88. The lowest BCUT2D eigenvalue weighted by atomic mass is 10.0. The molecule has 0 aliphatic heterocycles. The van der Waals surface area contributed by atoms with E-state index in [1.54, 1.807) is 6.20 Å². The molecule has 0 unspecified atom stereocenters. The molecule has 0 spiro atoms. The van der Waals surface area contributed by atoms with Gasteiger partial charge in [-0.1, -0.05) is 25.0 Å². The standard InChI is InChI=1S/C14H17N3O/c15-14(7-3-4-8-14)10-18-13-9-16-17-12-6-2-1-5-11(12)13/h1-2,5-6,9H,3-4,7-8,10,15H2. The molecule has 18 heavy (non-hydrogen) atoms. The van der Waals surface area contributed by atoms with Gasteiger partial charge in [-0.15, -0.1) is 0 Å². The first kappa shape index (κ1) is 11.4. The summed E-state index contributed by atoms with van der Waals surface area (Å²) in [7, 11) is 0. The zero-order chi connectivity index (χ0) is 12.4. The summed E-state index contributed by atoms with van der Waals surface area (Å²) in [6.07, 6.45) is 6.16. The average Bonchev–Trinajstić information content (AvgIpc) is 2.84. The minimum atomic E-state index is -0.162. The highest BCUT2D eigenvalue weighted by Crippen LogP contribution is 2.29. The predicted molar refractivity (Wildman–Crippen MR) is 70.4 cm³/mol. The Morgan fingerprint density at radius 3 is 2.83 bits per heavy atom. The van der Waals surface area contributed by atoms with Crippen molar-refractivity contribution in [2.24, 2.45) is 5.73 Å². The number of fused-ring (bicyclic) bond motifs is 1. The maximum absolute atomic E-state index is 6.29. The second kappa shape index (κ2) is 4.53. The number of hydrogen-bond acceptors (Lipinski definition) is 4. The van der Waals surface area contributed by atoms with Crippen LogP contribution < -0.4 is 10.5 Å². The van der Waals surface area contributed by atoms with E-state index in [1.807, 2.05) is 24.3 Å². The number of rotatable bonds is 3. The molecule has 2 aromatic rings. The van der Waals surface area contributed by atoms with Crippen molar-refractivity contribution >= 4 is 10.9 Å². The number of benzene rings is 1. The summed E-state index contributed by atoms with van der Waals surface area (Å²) in [6, 6.07) is 7.85.